The highest BCUT2D eigenvalue weighted by Gasteiger charge is 2.09. The quantitative estimate of drug-likeness (QED) is 0.838. The van der Waals surface area contributed by atoms with Crippen LogP contribution in [0.3, 0.4) is 0 Å². The van der Waals surface area contributed by atoms with Gasteiger partial charge in [-0.05, 0) is 17.7 Å². The molecule has 2 rings (SSSR count). The average Bonchev–Trinajstić information content (AvgIpc) is 2.77. The predicted octanol–water partition coefficient (Wildman–Crippen LogP) is 2.70. The molecule has 0 aliphatic carbocycles. The van der Waals surface area contributed by atoms with Crippen molar-refractivity contribution in [3.8, 4) is 22.9 Å². The van der Waals surface area contributed by atoms with Gasteiger partial charge in [0.05, 0.1) is 12.7 Å². The van der Waals surface area contributed by atoms with Gasteiger partial charge in [-0.15, -0.1) is 0 Å². The second-order valence-corrected chi connectivity index (χ2v) is 3.24. The van der Waals surface area contributed by atoms with E-state index in [2.05, 4.69) is 4.98 Å². The fraction of sp³-hybridized carbons (Fsp3) is 0.0833. The fourth-order valence-electron chi connectivity index (χ4n) is 1.53. The summed E-state index contributed by atoms with van der Waals surface area (Å²) in [5.41, 5.74) is 1.82. The van der Waals surface area contributed by atoms with Gasteiger partial charge in [0.2, 0.25) is 0 Å². The number of halogens is 1. The molecule has 0 unspecified atom stereocenters. The Morgan fingerprint density at radius 1 is 1.38 bits per heavy atom. The number of nitrogens with one attached hydrogen (secondary N) is 1. The van der Waals surface area contributed by atoms with Crippen molar-refractivity contribution in [2.24, 2.45) is 0 Å². The maximum absolute atomic E-state index is 13.5. The molecule has 16 heavy (non-hydrogen) atoms. The minimum absolute atomic E-state index is 0.192. The molecule has 1 aromatic carbocycles. The highest BCUT2D eigenvalue weighted by atomic mass is 19.1. The maximum Gasteiger partial charge on any atom is 0.165 e. The molecule has 2 aromatic rings. The van der Waals surface area contributed by atoms with Crippen LogP contribution in [0.5, 0.6) is 5.75 Å². The number of methoxy groups -OCH3 is 1. The van der Waals surface area contributed by atoms with E-state index in [0.717, 1.165) is 0 Å². The summed E-state index contributed by atoms with van der Waals surface area (Å²) in [6.45, 7) is 0. The minimum atomic E-state index is -0.440. The highest BCUT2D eigenvalue weighted by Crippen LogP contribution is 2.27. The van der Waals surface area contributed by atoms with Gasteiger partial charge in [0.1, 0.15) is 6.07 Å². The number of hydrogen-bond acceptors (Lipinski definition) is 2. The van der Waals surface area contributed by atoms with E-state index in [1.165, 1.54) is 13.2 Å². The van der Waals surface area contributed by atoms with Crippen molar-refractivity contribution in [1.82, 2.24) is 4.98 Å². The Morgan fingerprint density at radius 2 is 2.19 bits per heavy atom. The summed E-state index contributed by atoms with van der Waals surface area (Å²) < 4.78 is 18.3. The highest BCUT2D eigenvalue weighted by molar-refractivity contribution is 5.70. The summed E-state index contributed by atoms with van der Waals surface area (Å²) in [5, 5.41) is 8.85. The van der Waals surface area contributed by atoms with Gasteiger partial charge in [0, 0.05) is 18.0 Å². The van der Waals surface area contributed by atoms with E-state index in [1.807, 2.05) is 6.07 Å². The molecule has 1 N–H and O–H groups in total. The standard InChI is InChI=1S/C12H9FN2O/c1-16-12-3-2-8(4-11(12)13)10-7-15-6-9(10)5-14/h2-4,6-7,15H,1H3. The summed E-state index contributed by atoms with van der Waals surface area (Å²) >= 11 is 0. The van der Waals surface area contributed by atoms with E-state index < -0.39 is 5.82 Å². The molecular weight excluding hydrogens is 207 g/mol. The lowest BCUT2D eigenvalue weighted by molar-refractivity contribution is 0.386. The molecule has 80 valence electrons. The van der Waals surface area contributed by atoms with Crippen LogP contribution >= 0.6 is 0 Å². The molecule has 0 atom stereocenters. The van der Waals surface area contributed by atoms with Gasteiger partial charge in [0.25, 0.3) is 0 Å². The molecule has 0 spiro atoms. The third kappa shape index (κ3) is 1.63. The summed E-state index contributed by atoms with van der Waals surface area (Å²) in [6.07, 6.45) is 3.25. The first-order valence-electron chi connectivity index (χ1n) is 4.67. The van der Waals surface area contributed by atoms with Crippen LogP contribution in [-0.2, 0) is 0 Å². The van der Waals surface area contributed by atoms with Crippen molar-refractivity contribution in [3.05, 3.63) is 42.0 Å². The van der Waals surface area contributed by atoms with Gasteiger partial charge >= 0.3 is 0 Å². The molecule has 0 aliphatic rings. The first kappa shape index (κ1) is 10.2. The van der Waals surface area contributed by atoms with Gasteiger partial charge in [-0.2, -0.15) is 5.26 Å². The zero-order valence-corrected chi connectivity index (χ0v) is 8.62. The van der Waals surface area contributed by atoms with Crippen molar-refractivity contribution in [1.29, 1.82) is 5.26 Å². The van der Waals surface area contributed by atoms with E-state index in [0.29, 0.717) is 16.7 Å². The lowest BCUT2D eigenvalue weighted by Crippen LogP contribution is -1.88. The second kappa shape index (κ2) is 4.07. The second-order valence-electron chi connectivity index (χ2n) is 3.24. The van der Waals surface area contributed by atoms with Gasteiger partial charge in [-0.1, -0.05) is 6.07 Å². The molecule has 3 nitrogen and oxygen atoms in total. The van der Waals surface area contributed by atoms with E-state index in [9.17, 15) is 4.39 Å². The third-order valence-electron chi connectivity index (χ3n) is 2.33. The molecule has 1 aromatic heterocycles. The van der Waals surface area contributed by atoms with Crippen LogP contribution in [0.2, 0.25) is 0 Å². The predicted molar refractivity (Wildman–Crippen MR) is 57.5 cm³/mol. The number of aromatic amines is 1. The van der Waals surface area contributed by atoms with Crippen LogP contribution in [0.1, 0.15) is 5.56 Å². The number of ether oxygens (including phenoxy) is 1. The van der Waals surface area contributed by atoms with Crippen LogP contribution in [0.4, 0.5) is 4.39 Å². The Hall–Kier alpha value is -2.28. The van der Waals surface area contributed by atoms with Crippen molar-refractivity contribution >= 4 is 0 Å². The number of nitrogens with zero attached hydrogens (tertiary/aromatic N) is 1. The number of nitriles is 1. The van der Waals surface area contributed by atoms with Crippen LogP contribution in [0.15, 0.2) is 30.6 Å². The van der Waals surface area contributed by atoms with Crippen molar-refractivity contribution < 1.29 is 9.13 Å². The lowest BCUT2D eigenvalue weighted by atomic mass is 10.1. The Morgan fingerprint density at radius 3 is 2.81 bits per heavy atom. The number of benzene rings is 1. The number of rotatable bonds is 2. The van der Waals surface area contributed by atoms with Gasteiger partial charge in [0.15, 0.2) is 11.6 Å². The van der Waals surface area contributed by atoms with Gasteiger partial charge < -0.3 is 9.72 Å². The molecule has 1 heterocycles. The number of aromatic nitrogens is 1. The largest absolute Gasteiger partial charge is 0.494 e. The monoisotopic (exact) mass is 216 g/mol. The molecule has 0 amide bonds. The first-order valence-corrected chi connectivity index (χ1v) is 4.67. The van der Waals surface area contributed by atoms with E-state index in [4.69, 9.17) is 10.00 Å². The Balaban J connectivity index is 2.50. The summed E-state index contributed by atoms with van der Waals surface area (Å²) in [4.78, 5) is 2.82. The summed E-state index contributed by atoms with van der Waals surface area (Å²) in [5.74, 6) is -0.247. The summed E-state index contributed by atoms with van der Waals surface area (Å²) in [7, 11) is 1.41. The van der Waals surface area contributed by atoms with E-state index in [-0.39, 0.29) is 5.75 Å². The Labute approximate surface area is 92.1 Å². The van der Waals surface area contributed by atoms with Crippen LogP contribution < -0.4 is 4.74 Å². The number of H-pyrrole nitrogens is 1. The normalized spacial score (nSPS) is 9.81. The molecule has 0 aliphatic heterocycles. The van der Waals surface area contributed by atoms with Crippen molar-refractivity contribution in [2.45, 2.75) is 0 Å². The zero-order valence-electron chi connectivity index (χ0n) is 8.62. The lowest BCUT2D eigenvalue weighted by Gasteiger charge is -2.04. The van der Waals surface area contributed by atoms with Crippen molar-refractivity contribution in [2.75, 3.05) is 7.11 Å². The SMILES string of the molecule is COc1ccc(-c2c[nH]cc2C#N)cc1F. The maximum atomic E-state index is 13.5. The third-order valence-corrected chi connectivity index (χ3v) is 2.33. The molecule has 0 radical (unpaired) electrons. The number of hydrogen-bond donors (Lipinski definition) is 1. The Bertz CT molecular complexity index is 554. The molecule has 4 heteroatoms. The molecule has 0 bridgehead atoms. The topological polar surface area (TPSA) is 48.8 Å². The molecule has 0 fully saturated rings. The smallest absolute Gasteiger partial charge is 0.165 e. The Kier molecular flexibility index (Phi) is 2.61. The average molecular weight is 216 g/mol. The first-order chi connectivity index (χ1) is 7.76. The van der Waals surface area contributed by atoms with E-state index in [1.54, 1.807) is 24.5 Å². The van der Waals surface area contributed by atoms with Crippen LogP contribution in [0.25, 0.3) is 11.1 Å². The van der Waals surface area contributed by atoms with Gasteiger partial charge in [-0.3, -0.25) is 0 Å². The summed E-state index contributed by atoms with van der Waals surface area (Å²) in [6, 6.07) is 6.64. The minimum Gasteiger partial charge on any atom is -0.494 e. The van der Waals surface area contributed by atoms with Crippen molar-refractivity contribution in [3.63, 3.8) is 0 Å². The fourth-order valence-corrected chi connectivity index (χ4v) is 1.53. The molecule has 0 saturated carbocycles. The molecule has 0 saturated heterocycles. The van der Waals surface area contributed by atoms with Crippen LogP contribution in [-0.4, -0.2) is 12.1 Å². The van der Waals surface area contributed by atoms with E-state index >= 15 is 0 Å². The van der Waals surface area contributed by atoms with Gasteiger partial charge in [-0.25, -0.2) is 4.39 Å². The molecular formula is C12H9FN2O. The van der Waals surface area contributed by atoms with Crippen LogP contribution in [0, 0.1) is 17.1 Å². The zero-order chi connectivity index (χ0) is 11.5.